The number of piperazine rings is 1. The Hall–Kier alpha value is -3.35. The van der Waals surface area contributed by atoms with Gasteiger partial charge in [0, 0.05) is 54.6 Å². The zero-order valence-corrected chi connectivity index (χ0v) is 20.0. The molecule has 0 aliphatic carbocycles. The molecule has 35 heavy (non-hydrogen) atoms. The SMILES string of the molecule is O=C([C@@H]1c2ccccc2C(=O)N2CCO[C@]12c1ccccc1)N1CCN(c2cccc(Cl)c2)CC1. The minimum Gasteiger partial charge on any atom is -0.368 e. The average molecular weight is 488 g/mol. The number of benzene rings is 3. The molecular formula is C28H26ClN3O3. The van der Waals surface area contributed by atoms with Crippen LogP contribution >= 0.6 is 11.6 Å². The fourth-order valence-electron chi connectivity index (χ4n) is 5.75. The van der Waals surface area contributed by atoms with E-state index in [2.05, 4.69) is 4.90 Å². The van der Waals surface area contributed by atoms with Crippen molar-refractivity contribution < 1.29 is 14.3 Å². The highest BCUT2D eigenvalue weighted by Gasteiger charge is 2.60. The molecule has 2 amide bonds. The van der Waals surface area contributed by atoms with E-state index in [4.69, 9.17) is 16.3 Å². The Labute approximate surface area is 209 Å². The van der Waals surface area contributed by atoms with Crippen LogP contribution in [0, 0.1) is 0 Å². The third-order valence-corrected chi connectivity index (χ3v) is 7.61. The molecule has 2 fully saturated rings. The van der Waals surface area contributed by atoms with Crippen LogP contribution in [0.4, 0.5) is 5.69 Å². The van der Waals surface area contributed by atoms with Gasteiger partial charge in [-0.15, -0.1) is 0 Å². The van der Waals surface area contributed by atoms with Crippen molar-refractivity contribution in [1.82, 2.24) is 9.80 Å². The molecule has 0 aromatic heterocycles. The Bertz CT molecular complexity index is 1280. The molecular weight excluding hydrogens is 462 g/mol. The van der Waals surface area contributed by atoms with Crippen molar-refractivity contribution in [3.8, 4) is 0 Å². The zero-order valence-electron chi connectivity index (χ0n) is 19.3. The molecule has 0 N–H and O–H groups in total. The highest BCUT2D eigenvalue weighted by Crippen LogP contribution is 2.51. The summed E-state index contributed by atoms with van der Waals surface area (Å²) in [7, 11) is 0. The average Bonchev–Trinajstić information content (AvgIpc) is 3.36. The molecule has 3 heterocycles. The van der Waals surface area contributed by atoms with E-state index in [1.165, 1.54) is 0 Å². The summed E-state index contributed by atoms with van der Waals surface area (Å²) in [5.41, 5.74) is 2.07. The first-order chi connectivity index (χ1) is 17.1. The molecule has 0 unspecified atom stereocenters. The lowest BCUT2D eigenvalue weighted by atomic mass is 9.76. The van der Waals surface area contributed by atoms with Crippen molar-refractivity contribution in [2.75, 3.05) is 44.2 Å². The van der Waals surface area contributed by atoms with Crippen LogP contribution in [-0.2, 0) is 15.3 Å². The number of carbonyl (C=O) groups excluding carboxylic acids is 2. The number of nitrogens with zero attached hydrogens (tertiary/aromatic N) is 3. The Morgan fingerprint density at radius 2 is 1.63 bits per heavy atom. The number of anilines is 1. The van der Waals surface area contributed by atoms with E-state index < -0.39 is 11.6 Å². The number of hydrogen-bond donors (Lipinski definition) is 0. The van der Waals surface area contributed by atoms with Gasteiger partial charge in [0.25, 0.3) is 5.91 Å². The molecule has 3 aromatic rings. The van der Waals surface area contributed by atoms with E-state index >= 15 is 0 Å². The number of ether oxygens (including phenoxy) is 1. The normalized spacial score (nSPS) is 23.7. The summed E-state index contributed by atoms with van der Waals surface area (Å²) < 4.78 is 6.42. The quantitative estimate of drug-likeness (QED) is 0.558. The van der Waals surface area contributed by atoms with Crippen LogP contribution in [-0.4, -0.2) is 60.9 Å². The first kappa shape index (κ1) is 22.1. The lowest BCUT2D eigenvalue weighted by molar-refractivity contribution is -0.152. The van der Waals surface area contributed by atoms with Crippen molar-refractivity contribution in [2.45, 2.75) is 11.6 Å². The minimum absolute atomic E-state index is 0.00792. The largest absolute Gasteiger partial charge is 0.368 e. The maximum Gasteiger partial charge on any atom is 0.256 e. The minimum atomic E-state index is -1.14. The van der Waals surface area contributed by atoms with Gasteiger partial charge in [-0.05, 0) is 29.8 Å². The summed E-state index contributed by atoms with van der Waals surface area (Å²) >= 11 is 6.19. The third-order valence-electron chi connectivity index (χ3n) is 7.38. The van der Waals surface area contributed by atoms with Crippen LogP contribution < -0.4 is 4.90 Å². The Morgan fingerprint density at radius 1 is 0.886 bits per heavy atom. The number of carbonyl (C=O) groups is 2. The van der Waals surface area contributed by atoms with Crippen molar-refractivity contribution in [3.63, 3.8) is 0 Å². The molecule has 7 heteroatoms. The number of rotatable bonds is 3. The van der Waals surface area contributed by atoms with Gasteiger partial charge in [0.05, 0.1) is 6.61 Å². The van der Waals surface area contributed by atoms with Gasteiger partial charge in [0.15, 0.2) is 5.72 Å². The second kappa shape index (κ2) is 8.70. The zero-order chi connectivity index (χ0) is 24.0. The van der Waals surface area contributed by atoms with Crippen LogP contribution in [0.15, 0.2) is 78.9 Å². The van der Waals surface area contributed by atoms with E-state index in [0.29, 0.717) is 49.9 Å². The van der Waals surface area contributed by atoms with E-state index in [9.17, 15) is 9.59 Å². The molecule has 6 rings (SSSR count). The molecule has 178 valence electrons. The second-order valence-electron chi connectivity index (χ2n) is 9.18. The van der Waals surface area contributed by atoms with Gasteiger partial charge in [-0.1, -0.05) is 66.2 Å². The van der Waals surface area contributed by atoms with E-state index in [0.717, 1.165) is 16.8 Å². The van der Waals surface area contributed by atoms with E-state index in [1.807, 2.05) is 83.8 Å². The molecule has 6 nitrogen and oxygen atoms in total. The highest BCUT2D eigenvalue weighted by molar-refractivity contribution is 6.30. The van der Waals surface area contributed by atoms with Crippen LogP contribution in [0.2, 0.25) is 5.02 Å². The molecule has 3 aliphatic rings. The third kappa shape index (κ3) is 3.51. The van der Waals surface area contributed by atoms with Gasteiger partial charge >= 0.3 is 0 Å². The van der Waals surface area contributed by atoms with Gasteiger partial charge in [0.2, 0.25) is 5.91 Å². The van der Waals surface area contributed by atoms with Gasteiger partial charge < -0.3 is 19.4 Å². The van der Waals surface area contributed by atoms with Gasteiger partial charge in [-0.3, -0.25) is 9.59 Å². The molecule has 0 radical (unpaired) electrons. The smallest absolute Gasteiger partial charge is 0.256 e. The molecule has 0 bridgehead atoms. The summed E-state index contributed by atoms with van der Waals surface area (Å²) in [6.45, 7) is 3.44. The molecule has 3 aliphatic heterocycles. The first-order valence-corrected chi connectivity index (χ1v) is 12.4. The summed E-state index contributed by atoms with van der Waals surface area (Å²) in [6.07, 6.45) is 0. The maximum atomic E-state index is 14.3. The number of amides is 2. The Balaban J connectivity index is 1.37. The first-order valence-electron chi connectivity index (χ1n) is 12.0. The molecule has 0 spiro atoms. The van der Waals surface area contributed by atoms with Crippen molar-refractivity contribution in [2.24, 2.45) is 0 Å². The van der Waals surface area contributed by atoms with Crippen LogP contribution in [0.5, 0.6) is 0 Å². The predicted octanol–water partition coefficient (Wildman–Crippen LogP) is 4.11. The van der Waals surface area contributed by atoms with Crippen LogP contribution in [0.3, 0.4) is 0 Å². The van der Waals surface area contributed by atoms with Gasteiger partial charge in [-0.2, -0.15) is 0 Å². The standard InChI is InChI=1S/C28H26ClN3O3/c29-21-9-6-10-22(19-21)30-13-15-31(16-14-30)27(34)25-23-11-4-5-12-24(23)26(33)32-17-18-35-28(25,32)20-7-2-1-3-8-20/h1-12,19,25H,13-18H2/t25-,28+/m0/s1. The monoisotopic (exact) mass is 487 g/mol. The van der Waals surface area contributed by atoms with Gasteiger partial charge in [-0.25, -0.2) is 0 Å². The number of fused-ring (bicyclic) bond motifs is 2. The Morgan fingerprint density at radius 3 is 2.40 bits per heavy atom. The lowest BCUT2D eigenvalue weighted by Gasteiger charge is -2.48. The lowest BCUT2D eigenvalue weighted by Crippen LogP contribution is -2.59. The molecule has 3 aromatic carbocycles. The van der Waals surface area contributed by atoms with Crippen LogP contribution in [0.1, 0.15) is 27.4 Å². The number of halogens is 1. The van der Waals surface area contributed by atoms with Crippen molar-refractivity contribution >= 4 is 29.1 Å². The summed E-state index contributed by atoms with van der Waals surface area (Å²) in [6, 6.07) is 25.0. The van der Waals surface area contributed by atoms with Crippen LogP contribution in [0.25, 0.3) is 0 Å². The Kier molecular flexibility index (Phi) is 5.50. The summed E-state index contributed by atoms with van der Waals surface area (Å²) in [5, 5.41) is 0.702. The topological polar surface area (TPSA) is 53.1 Å². The van der Waals surface area contributed by atoms with Crippen molar-refractivity contribution in [1.29, 1.82) is 0 Å². The molecule has 2 atom stereocenters. The summed E-state index contributed by atoms with van der Waals surface area (Å²) in [5.74, 6) is -0.734. The van der Waals surface area contributed by atoms with Gasteiger partial charge in [0.1, 0.15) is 5.92 Å². The molecule has 0 saturated carbocycles. The summed E-state index contributed by atoms with van der Waals surface area (Å²) in [4.78, 5) is 33.8. The van der Waals surface area contributed by atoms with E-state index in [1.54, 1.807) is 4.90 Å². The maximum absolute atomic E-state index is 14.3. The fraction of sp³-hybridized carbons (Fsp3) is 0.286. The van der Waals surface area contributed by atoms with E-state index in [-0.39, 0.29) is 11.8 Å². The van der Waals surface area contributed by atoms with Crippen molar-refractivity contribution in [3.05, 3.63) is 101 Å². The molecule has 2 saturated heterocycles. The highest BCUT2D eigenvalue weighted by atomic mass is 35.5. The second-order valence-corrected chi connectivity index (χ2v) is 9.62. The number of hydrogen-bond acceptors (Lipinski definition) is 4. The predicted molar refractivity (Wildman–Crippen MR) is 135 cm³/mol. The fourth-order valence-corrected chi connectivity index (χ4v) is 5.94.